The topological polar surface area (TPSA) is 41.5 Å². The van der Waals surface area contributed by atoms with Crippen LogP contribution >= 0.6 is 0 Å². The lowest BCUT2D eigenvalue weighted by Crippen LogP contribution is -2.34. The molecule has 1 aliphatic rings. The number of hydrogen-bond donors (Lipinski definition) is 2. The molecular weight excluding hydrogens is 178 g/mol. The van der Waals surface area contributed by atoms with Crippen molar-refractivity contribution in [2.24, 2.45) is 11.3 Å². The lowest BCUT2D eigenvalue weighted by atomic mass is 9.95. The van der Waals surface area contributed by atoms with Crippen LogP contribution in [0.15, 0.2) is 0 Å². The van der Waals surface area contributed by atoms with E-state index in [0.29, 0.717) is 0 Å². The molecule has 0 radical (unpaired) electrons. The van der Waals surface area contributed by atoms with Crippen LogP contribution < -0.4 is 5.32 Å². The van der Waals surface area contributed by atoms with Crippen molar-refractivity contribution in [2.75, 3.05) is 32.9 Å². The van der Waals surface area contributed by atoms with Crippen LogP contribution in [0.3, 0.4) is 0 Å². The predicted molar refractivity (Wildman–Crippen MR) is 57.3 cm³/mol. The van der Waals surface area contributed by atoms with E-state index in [-0.39, 0.29) is 12.0 Å². The number of aliphatic hydroxyl groups is 1. The number of aliphatic hydroxyl groups excluding tert-OH is 1. The van der Waals surface area contributed by atoms with Crippen molar-refractivity contribution < 1.29 is 9.84 Å². The summed E-state index contributed by atoms with van der Waals surface area (Å²) < 4.78 is 5.48. The molecule has 3 heteroatoms. The Hall–Kier alpha value is -0.120. The summed E-state index contributed by atoms with van der Waals surface area (Å²) in [7, 11) is 0. The number of hydrogen-bond acceptors (Lipinski definition) is 3. The molecule has 0 aliphatic heterocycles. The third-order valence-corrected chi connectivity index (χ3v) is 2.51. The molecule has 0 saturated heterocycles. The normalized spacial score (nSPS) is 17.4. The van der Waals surface area contributed by atoms with Gasteiger partial charge in [-0.3, -0.25) is 0 Å². The zero-order valence-electron chi connectivity index (χ0n) is 9.38. The van der Waals surface area contributed by atoms with E-state index in [1.165, 1.54) is 12.8 Å². The first-order chi connectivity index (χ1) is 6.64. The van der Waals surface area contributed by atoms with Crippen molar-refractivity contribution in [3.63, 3.8) is 0 Å². The molecule has 0 aromatic heterocycles. The highest BCUT2D eigenvalue weighted by Gasteiger charge is 2.21. The summed E-state index contributed by atoms with van der Waals surface area (Å²) in [5, 5.41) is 12.3. The summed E-state index contributed by atoms with van der Waals surface area (Å²) in [6, 6.07) is 0. The molecular formula is C11H23NO2. The Morgan fingerprint density at radius 2 is 2.14 bits per heavy atom. The maximum absolute atomic E-state index is 9.01. The van der Waals surface area contributed by atoms with Crippen molar-refractivity contribution in [3.05, 3.63) is 0 Å². The van der Waals surface area contributed by atoms with E-state index in [9.17, 15) is 0 Å². The van der Waals surface area contributed by atoms with E-state index in [1.807, 2.05) is 13.8 Å². The maximum Gasteiger partial charge on any atom is 0.0591 e. The minimum Gasteiger partial charge on any atom is -0.396 e. The highest BCUT2D eigenvalue weighted by Crippen LogP contribution is 2.28. The van der Waals surface area contributed by atoms with E-state index >= 15 is 0 Å². The van der Waals surface area contributed by atoms with Gasteiger partial charge in [-0.15, -0.1) is 0 Å². The van der Waals surface area contributed by atoms with Crippen molar-refractivity contribution in [1.82, 2.24) is 5.32 Å². The van der Waals surface area contributed by atoms with Crippen molar-refractivity contribution in [1.29, 1.82) is 0 Å². The van der Waals surface area contributed by atoms with Crippen LogP contribution in [0, 0.1) is 11.3 Å². The zero-order valence-corrected chi connectivity index (χ0v) is 9.38. The van der Waals surface area contributed by atoms with E-state index in [4.69, 9.17) is 9.84 Å². The van der Waals surface area contributed by atoms with E-state index < -0.39 is 0 Å². The zero-order chi connectivity index (χ0) is 10.4. The highest BCUT2D eigenvalue weighted by molar-refractivity contribution is 4.72. The van der Waals surface area contributed by atoms with Crippen molar-refractivity contribution in [3.8, 4) is 0 Å². The molecule has 1 aliphatic carbocycles. The number of ether oxygens (including phenoxy) is 1. The molecule has 3 nitrogen and oxygen atoms in total. The molecule has 14 heavy (non-hydrogen) atoms. The third kappa shape index (κ3) is 5.58. The fourth-order valence-electron chi connectivity index (χ4n) is 1.16. The molecule has 0 heterocycles. The summed E-state index contributed by atoms with van der Waals surface area (Å²) in [5.41, 5.74) is -0.0174. The molecule has 0 spiro atoms. The molecule has 0 unspecified atom stereocenters. The molecule has 1 saturated carbocycles. The van der Waals surface area contributed by atoms with Gasteiger partial charge in [-0.2, -0.15) is 0 Å². The minimum absolute atomic E-state index is 0.0174. The van der Waals surface area contributed by atoms with Gasteiger partial charge in [0.05, 0.1) is 6.61 Å². The Bertz CT molecular complexity index is 155. The third-order valence-electron chi connectivity index (χ3n) is 2.51. The molecule has 1 fully saturated rings. The van der Waals surface area contributed by atoms with Gasteiger partial charge in [-0.05, 0) is 18.8 Å². The van der Waals surface area contributed by atoms with E-state index in [2.05, 4.69) is 5.32 Å². The Morgan fingerprint density at radius 1 is 1.43 bits per heavy atom. The lowest BCUT2D eigenvalue weighted by Gasteiger charge is -2.21. The van der Waals surface area contributed by atoms with Gasteiger partial charge in [-0.1, -0.05) is 13.8 Å². The van der Waals surface area contributed by atoms with Crippen LogP contribution in [0.1, 0.15) is 26.7 Å². The van der Waals surface area contributed by atoms with Crippen molar-refractivity contribution in [2.45, 2.75) is 26.7 Å². The Morgan fingerprint density at radius 3 is 2.71 bits per heavy atom. The maximum atomic E-state index is 9.01. The van der Waals surface area contributed by atoms with Crippen LogP contribution in [-0.2, 0) is 4.74 Å². The fourth-order valence-corrected chi connectivity index (χ4v) is 1.16. The summed E-state index contributed by atoms with van der Waals surface area (Å²) in [5.74, 6) is 0.851. The Labute approximate surface area is 86.8 Å². The second-order valence-electron chi connectivity index (χ2n) is 5.02. The standard InChI is InChI=1S/C11H23NO2/c1-11(2,9-13)8-12-5-6-14-7-10-3-4-10/h10,12-13H,3-9H2,1-2H3. The van der Waals surface area contributed by atoms with Gasteiger partial charge in [0, 0.05) is 31.7 Å². The van der Waals surface area contributed by atoms with Gasteiger partial charge in [-0.25, -0.2) is 0 Å². The van der Waals surface area contributed by atoms with Gasteiger partial charge in [0.1, 0.15) is 0 Å². The Balaban J connectivity index is 1.83. The molecule has 84 valence electrons. The van der Waals surface area contributed by atoms with E-state index in [1.54, 1.807) is 0 Å². The molecule has 0 amide bonds. The van der Waals surface area contributed by atoms with Crippen LogP contribution in [0.25, 0.3) is 0 Å². The average Bonchev–Trinajstić information content (AvgIpc) is 2.95. The van der Waals surface area contributed by atoms with Crippen molar-refractivity contribution >= 4 is 0 Å². The second kappa shape index (κ2) is 5.69. The van der Waals surface area contributed by atoms with Gasteiger partial charge in [0.2, 0.25) is 0 Å². The largest absolute Gasteiger partial charge is 0.396 e. The summed E-state index contributed by atoms with van der Waals surface area (Å²) >= 11 is 0. The van der Waals surface area contributed by atoms with Crippen LogP contribution in [0.4, 0.5) is 0 Å². The summed E-state index contributed by atoms with van der Waals surface area (Å²) in [4.78, 5) is 0. The monoisotopic (exact) mass is 201 g/mol. The van der Waals surface area contributed by atoms with Gasteiger partial charge in [0.15, 0.2) is 0 Å². The molecule has 0 aromatic rings. The molecule has 1 rings (SSSR count). The summed E-state index contributed by atoms with van der Waals surface area (Å²) in [6.45, 7) is 7.77. The van der Waals surface area contributed by atoms with Gasteiger partial charge < -0.3 is 15.2 Å². The molecule has 2 N–H and O–H groups in total. The van der Waals surface area contributed by atoms with Crippen LogP contribution in [0.5, 0.6) is 0 Å². The fraction of sp³-hybridized carbons (Fsp3) is 1.00. The van der Waals surface area contributed by atoms with Crippen LogP contribution in [-0.4, -0.2) is 38.0 Å². The van der Waals surface area contributed by atoms with E-state index in [0.717, 1.165) is 32.2 Å². The quantitative estimate of drug-likeness (QED) is 0.576. The van der Waals surface area contributed by atoms with Gasteiger partial charge >= 0.3 is 0 Å². The van der Waals surface area contributed by atoms with Crippen LogP contribution in [0.2, 0.25) is 0 Å². The SMILES string of the molecule is CC(C)(CO)CNCCOCC1CC1. The summed E-state index contributed by atoms with van der Waals surface area (Å²) in [6.07, 6.45) is 2.70. The number of rotatable bonds is 8. The first-order valence-corrected chi connectivity index (χ1v) is 5.53. The second-order valence-corrected chi connectivity index (χ2v) is 5.02. The first-order valence-electron chi connectivity index (χ1n) is 5.53. The molecule has 0 atom stereocenters. The molecule has 0 bridgehead atoms. The average molecular weight is 201 g/mol. The Kier molecular flexibility index (Phi) is 4.85. The molecule has 0 aromatic carbocycles. The lowest BCUT2D eigenvalue weighted by molar-refractivity contribution is 0.117. The number of nitrogens with one attached hydrogen (secondary N) is 1. The minimum atomic E-state index is -0.0174. The predicted octanol–water partition coefficient (Wildman–Crippen LogP) is 1.02. The highest BCUT2D eigenvalue weighted by atomic mass is 16.5. The smallest absolute Gasteiger partial charge is 0.0591 e. The van der Waals surface area contributed by atoms with Gasteiger partial charge in [0.25, 0.3) is 0 Å². The first kappa shape index (κ1) is 12.0.